The summed E-state index contributed by atoms with van der Waals surface area (Å²) in [5.74, 6) is -0.312. The van der Waals surface area contributed by atoms with Gasteiger partial charge >= 0.3 is 5.63 Å². The first kappa shape index (κ1) is 20.5. The number of fused-ring (bicyclic) bond motifs is 1. The number of para-hydroxylation sites is 2. The number of nitrogens with zero attached hydrogens (tertiary/aromatic N) is 3. The minimum absolute atomic E-state index is 0.123. The molecule has 4 rings (SSSR count). The maximum Gasteiger partial charge on any atom is 0.338 e. The van der Waals surface area contributed by atoms with Gasteiger partial charge in [-0.3, -0.25) is 19.8 Å². The number of nitrogens with one attached hydrogen (secondary N) is 1. The zero-order valence-corrected chi connectivity index (χ0v) is 16.8. The molecule has 1 aliphatic heterocycles. The van der Waals surface area contributed by atoms with Crippen molar-refractivity contribution in [3.63, 3.8) is 0 Å². The number of carbonyl (C=O) groups excluding carboxylic acids is 1. The van der Waals surface area contributed by atoms with Gasteiger partial charge in [-0.1, -0.05) is 24.3 Å². The number of piperazine rings is 1. The van der Waals surface area contributed by atoms with Crippen molar-refractivity contribution >= 4 is 28.3 Å². The summed E-state index contributed by atoms with van der Waals surface area (Å²) in [5, 5.41) is 15.3. The minimum atomic E-state index is -0.525. The minimum Gasteiger partial charge on any atom is -0.423 e. The van der Waals surface area contributed by atoms with Crippen LogP contribution in [0.25, 0.3) is 11.0 Å². The molecule has 0 spiro atoms. The number of rotatable bonds is 6. The van der Waals surface area contributed by atoms with Gasteiger partial charge in [0.15, 0.2) is 0 Å². The zero-order chi connectivity index (χ0) is 21.8. The van der Waals surface area contributed by atoms with E-state index in [4.69, 9.17) is 4.42 Å². The van der Waals surface area contributed by atoms with Crippen LogP contribution in [0.2, 0.25) is 0 Å². The molecule has 2 heterocycles. The van der Waals surface area contributed by atoms with Gasteiger partial charge in [-0.15, -0.1) is 0 Å². The fraction of sp³-hybridized carbons (Fsp3) is 0.273. The van der Waals surface area contributed by atoms with E-state index in [1.807, 2.05) is 18.2 Å². The molecule has 1 saturated heterocycles. The number of nitro groups is 1. The molecule has 0 atom stereocenters. The number of hydrogen-bond donors (Lipinski definition) is 1. The van der Waals surface area contributed by atoms with Crippen LogP contribution in [0.4, 0.5) is 11.4 Å². The Hall–Kier alpha value is -3.72. The van der Waals surface area contributed by atoms with Crippen LogP contribution in [0.1, 0.15) is 10.4 Å². The van der Waals surface area contributed by atoms with Gasteiger partial charge in [-0.05, 0) is 18.2 Å². The Morgan fingerprint density at radius 2 is 1.77 bits per heavy atom. The van der Waals surface area contributed by atoms with Crippen LogP contribution in [-0.4, -0.2) is 59.9 Å². The van der Waals surface area contributed by atoms with Crippen LogP contribution in [0.5, 0.6) is 0 Å². The van der Waals surface area contributed by atoms with E-state index >= 15 is 0 Å². The molecule has 0 aliphatic carbocycles. The van der Waals surface area contributed by atoms with Crippen LogP contribution >= 0.6 is 0 Å². The number of nitro benzene ring substituents is 1. The summed E-state index contributed by atoms with van der Waals surface area (Å²) in [4.78, 5) is 39.0. The van der Waals surface area contributed by atoms with Crippen molar-refractivity contribution in [1.29, 1.82) is 0 Å². The van der Waals surface area contributed by atoms with E-state index in [9.17, 15) is 19.7 Å². The number of amides is 1. The molecule has 1 fully saturated rings. The fourth-order valence-electron chi connectivity index (χ4n) is 3.77. The van der Waals surface area contributed by atoms with Gasteiger partial charge < -0.3 is 14.6 Å². The topological polar surface area (TPSA) is 109 Å². The van der Waals surface area contributed by atoms with Crippen molar-refractivity contribution in [2.75, 3.05) is 44.6 Å². The van der Waals surface area contributed by atoms with Crippen molar-refractivity contribution < 1.29 is 14.1 Å². The molecule has 9 heteroatoms. The van der Waals surface area contributed by atoms with Crippen LogP contribution in [-0.2, 0) is 0 Å². The Labute approximate surface area is 178 Å². The molecule has 9 nitrogen and oxygen atoms in total. The molecule has 0 saturated carbocycles. The van der Waals surface area contributed by atoms with Crippen LogP contribution < -0.4 is 10.9 Å². The molecule has 1 aliphatic rings. The second kappa shape index (κ2) is 8.97. The number of benzene rings is 2. The van der Waals surface area contributed by atoms with Crippen molar-refractivity contribution in [3.8, 4) is 0 Å². The summed E-state index contributed by atoms with van der Waals surface area (Å²) in [5.41, 5.74) is 0.830. The van der Waals surface area contributed by atoms with Crippen molar-refractivity contribution in [2.24, 2.45) is 0 Å². The van der Waals surface area contributed by atoms with Crippen molar-refractivity contribution in [1.82, 2.24) is 9.80 Å². The predicted octanol–water partition coefficient (Wildman–Crippen LogP) is 2.57. The van der Waals surface area contributed by atoms with Crippen LogP contribution in [0, 0.1) is 10.1 Å². The first-order valence-electron chi connectivity index (χ1n) is 10.0. The smallest absolute Gasteiger partial charge is 0.338 e. The third-order valence-corrected chi connectivity index (χ3v) is 5.38. The van der Waals surface area contributed by atoms with Gasteiger partial charge in [0.1, 0.15) is 11.1 Å². The highest BCUT2D eigenvalue weighted by Gasteiger charge is 2.27. The largest absolute Gasteiger partial charge is 0.423 e. The molecular weight excluding hydrogens is 400 g/mol. The molecule has 2 aromatic carbocycles. The molecular formula is C22H22N4O5. The van der Waals surface area contributed by atoms with Gasteiger partial charge in [-0.25, -0.2) is 4.79 Å². The lowest BCUT2D eigenvalue weighted by Crippen LogP contribution is -2.49. The SMILES string of the molecule is O=C(c1ccccc1[N+](=O)[O-])N1CCN(CCNc2cc(=O)oc3ccccc23)CC1. The highest BCUT2D eigenvalue weighted by atomic mass is 16.6. The Bertz CT molecular complexity index is 1170. The average Bonchev–Trinajstić information content (AvgIpc) is 2.79. The first-order chi connectivity index (χ1) is 15.0. The summed E-state index contributed by atoms with van der Waals surface area (Å²) < 4.78 is 5.21. The molecule has 160 valence electrons. The van der Waals surface area contributed by atoms with Gasteiger partial charge in [0.05, 0.1) is 10.6 Å². The van der Waals surface area contributed by atoms with E-state index in [0.29, 0.717) is 38.3 Å². The second-order valence-electron chi connectivity index (χ2n) is 7.31. The predicted molar refractivity (Wildman–Crippen MR) is 116 cm³/mol. The van der Waals surface area contributed by atoms with E-state index in [0.717, 1.165) is 17.6 Å². The molecule has 31 heavy (non-hydrogen) atoms. The second-order valence-corrected chi connectivity index (χ2v) is 7.31. The quantitative estimate of drug-likeness (QED) is 0.369. The Balaban J connectivity index is 1.32. The average molecular weight is 422 g/mol. The lowest BCUT2D eigenvalue weighted by Gasteiger charge is -2.34. The van der Waals surface area contributed by atoms with Gasteiger partial charge in [0, 0.05) is 56.8 Å². The van der Waals surface area contributed by atoms with Crippen LogP contribution in [0.3, 0.4) is 0 Å². The van der Waals surface area contributed by atoms with Gasteiger partial charge in [0.25, 0.3) is 11.6 Å². The number of anilines is 1. The summed E-state index contributed by atoms with van der Waals surface area (Å²) >= 11 is 0. The normalized spacial score (nSPS) is 14.5. The van der Waals surface area contributed by atoms with Crippen molar-refractivity contribution in [2.45, 2.75) is 0 Å². The molecule has 0 unspecified atom stereocenters. The lowest BCUT2D eigenvalue weighted by atomic mass is 10.1. The maximum absolute atomic E-state index is 12.7. The van der Waals surface area contributed by atoms with Crippen LogP contribution in [0.15, 0.2) is 63.8 Å². The van der Waals surface area contributed by atoms with Crippen molar-refractivity contribution in [3.05, 3.63) is 80.7 Å². The summed E-state index contributed by atoms with van der Waals surface area (Å²) in [7, 11) is 0. The molecule has 1 amide bonds. The zero-order valence-electron chi connectivity index (χ0n) is 16.8. The van der Waals surface area contributed by atoms with Gasteiger partial charge in [-0.2, -0.15) is 0 Å². The highest BCUT2D eigenvalue weighted by molar-refractivity contribution is 5.98. The third kappa shape index (κ3) is 4.56. The Morgan fingerprint density at radius 3 is 2.55 bits per heavy atom. The van der Waals surface area contributed by atoms with Gasteiger partial charge in [0.2, 0.25) is 0 Å². The molecule has 1 aromatic heterocycles. The first-order valence-corrected chi connectivity index (χ1v) is 10.0. The standard InChI is InChI=1S/C22H22N4O5/c27-21-15-18(16-5-2-4-8-20(16)31-21)23-9-10-24-11-13-25(14-12-24)22(28)17-6-1-3-7-19(17)26(29)30/h1-8,15,23H,9-14H2. The number of hydrogen-bond acceptors (Lipinski definition) is 7. The van der Waals surface area contributed by atoms with E-state index in [1.54, 1.807) is 23.1 Å². The Kier molecular flexibility index (Phi) is 5.94. The molecule has 0 bridgehead atoms. The van der Waals surface area contributed by atoms with E-state index in [1.165, 1.54) is 18.2 Å². The highest BCUT2D eigenvalue weighted by Crippen LogP contribution is 2.22. The van der Waals surface area contributed by atoms with E-state index in [2.05, 4.69) is 10.2 Å². The summed E-state index contributed by atoms with van der Waals surface area (Å²) in [6.45, 7) is 3.72. The summed E-state index contributed by atoms with van der Waals surface area (Å²) in [6.07, 6.45) is 0. The Morgan fingerprint density at radius 1 is 1.06 bits per heavy atom. The van der Waals surface area contributed by atoms with E-state index < -0.39 is 10.5 Å². The molecule has 0 radical (unpaired) electrons. The van der Waals surface area contributed by atoms with E-state index in [-0.39, 0.29) is 17.2 Å². The third-order valence-electron chi connectivity index (χ3n) is 5.38. The fourth-order valence-corrected chi connectivity index (χ4v) is 3.77. The number of carbonyl (C=O) groups is 1. The monoisotopic (exact) mass is 422 g/mol. The summed E-state index contributed by atoms with van der Waals surface area (Å²) in [6, 6.07) is 14.9. The lowest BCUT2D eigenvalue weighted by molar-refractivity contribution is -0.385. The molecule has 3 aromatic rings. The maximum atomic E-state index is 12.7. The molecule has 1 N–H and O–H groups in total.